The summed E-state index contributed by atoms with van der Waals surface area (Å²) in [4.78, 5) is 11.9. The van der Waals surface area contributed by atoms with Crippen molar-refractivity contribution in [3.8, 4) is 0 Å². The van der Waals surface area contributed by atoms with Crippen LogP contribution in [0.1, 0.15) is 32.1 Å². The van der Waals surface area contributed by atoms with Crippen molar-refractivity contribution < 1.29 is 19.9 Å². The van der Waals surface area contributed by atoms with Crippen molar-refractivity contribution in [3.05, 3.63) is 33.8 Å². The molecule has 0 heterocycles. The lowest BCUT2D eigenvalue weighted by Crippen LogP contribution is -2.49. The van der Waals surface area contributed by atoms with E-state index < -0.39 is 25.2 Å². The van der Waals surface area contributed by atoms with Crippen LogP contribution in [0.4, 0.5) is 0 Å². The van der Waals surface area contributed by atoms with Gasteiger partial charge in [-0.3, -0.25) is 10.1 Å². The highest BCUT2D eigenvalue weighted by Crippen LogP contribution is 2.24. The first-order chi connectivity index (χ1) is 10.7. The van der Waals surface area contributed by atoms with Crippen LogP contribution in [0.5, 0.6) is 0 Å². The summed E-state index contributed by atoms with van der Waals surface area (Å²) < 4.78 is 0. The van der Waals surface area contributed by atoms with E-state index in [9.17, 15) is 19.9 Å². The van der Waals surface area contributed by atoms with E-state index in [2.05, 4.69) is 10.6 Å². The van der Waals surface area contributed by atoms with Gasteiger partial charge in [-0.1, -0.05) is 37.0 Å². The van der Waals surface area contributed by atoms with E-state index >= 15 is 0 Å². The van der Waals surface area contributed by atoms with E-state index in [1.165, 1.54) is 6.07 Å². The molecule has 2 atom stereocenters. The first-order valence-corrected chi connectivity index (χ1v) is 7.98. The van der Waals surface area contributed by atoms with Gasteiger partial charge in [0.05, 0.1) is 12.5 Å². The molecule has 9 heteroatoms. The number of aliphatic hydroxyl groups is 1. The van der Waals surface area contributed by atoms with Gasteiger partial charge < -0.3 is 20.5 Å². The largest absolute Gasteiger partial charge is 0.475 e. The lowest BCUT2D eigenvalue weighted by molar-refractivity contribution is -0.121. The SMILES string of the molecule is CC(C)CC(NC(=O)CNC(O)c1cc(Cl)ccc1Cl)B(O)O. The molecular formula is C14H21BCl2N2O4. The molecule has 2 unspecified atom stereocenters. The molecule has 0 aromatic heterocycles. The molecule has 0 aliphatic carbocycles. The number of hydrogen-bond donors (Lipinski definition) is 5. The van der Waals surface area contributed by atoms with Gasteiger partial charge in [0.1, 0.15) is 6.23 Å². The summed E-state index contributed by atoms with van der Waals surface area (Å²) in [6.45, 7) is 3.60. The van der Waals surface area contributed by atoms with Gasteiger partial charge in [0.2, 0.25) is 5.91 Å². The first kappa shape index (κ1) is 20.2. The van der Waals surface area contributed by atoms with Gasteiger partial charge in [-0.15, -0.1) is 0 Å². The van der Waals surface area contributed by atoms with E-state index in [0.717, 1.165) is 0 Å². The summed E-state index contributed by atoms with van der Waals surface area (Å²) in [6, 6.07) is 4.63. The lowest BCUT2D eigenvalue weighted by atomic mass is 9.75. The highest BCUT2D eigenvalue weighted by Gasteiger charge is 2.26. The lowest BCUT2D eigenvalue weighted by Gasteiger charge is -2.20. The number of carbonyl (C=O) groups excluding carboxylic acids is 1. The first-order valence-electron chi connectivity index (χ1n) is 7.22. The van der Waals surface area contributed by atoms with Gasteiger partial charge in [-0.25, -0.2) is 0 Å². The Kier molecular flexibility index (Phi) is 8.32. The second-order valence-corrected chi connectivity index (χ2v) is 6.51. The third kappa shape index (κ3) is 7.07. The van der Waals surface area contributed by atoms with Crippen LogP contribution in [-0.4, -0.2) is 40.7 Å². The Morgan fingerprint density at radius 3 is 2.52 bits per heavy atom. The van der Waals surface area contributed by atoms with Crippen molar-refractivity contribution in [1.82, 2.24) is 10.6 Å². The van der Waals surface area contributed by atoms with E-state index in [1.807, 2.05) is 13.8 Å². The third-order valence-corrected chi connectivity index (χ3v) is 3.72. The van der Waals surface area contributed by atoms with Crippen LogP contribution in [-0.2, 0) is 4.79 Å². The molecule has 0 saturated heterocycles. The second kappa shape index (κ2) is 9.47. The Labute approximate surface area is 145 Å². The maximum absolute atomic E-state index is 11.9. The molecule has 1 aromatic carbocycles. The zero-order chi connectivity index (χ0) is 17.6. The molecule has 0 radical (unpaired) electrons. The molecule has 6 nitrogen and oxygen atoms in total. The number of hydrogen-bond acceptors (Lipinski definition) is 5. The summed E-state index contributed by atoms with van der Waals surface area (Å²) in [6.07, 6.45) is -0.749. The van der Waals surface area contributed by atoms with Crippen molar-refractivity contribution in [2.45, 2.75) is 32.4 Å². The zero-order valence-corrected chi connectivity index (χ0v) is 14.5. The number of nitrogens with one attached hydrogen (secondary N) is 2. The van der Waals surface area contributed by atoms with E-state index in [0.29, 0.717) is 22.0 Å². The molecule has 0 spiro atoms. The van der Waals surface area contributed by atoms with Gasteiger partial charge in [0, 0.05) is 15.6 Å². The summed E-state index contributed by atoms with van der Waals surface area (Å²) in [5.74, 6) is -1.05. The maximum Gasteiger partial charge on any atom is 0.475 e. The van der Waals surface area contributed by atoms with E-state index in [4.69, 9.17) is 23.2 Å². The van der Waals surface area contributed by atoms with Crippen molar-refractivity contribution in [1.29, 1.82) is 0 Å². The van der Waals surface area contributed by atoms with Crippen LogP contribution in [0.2, 0.25) is 10.0 Å². The Hall–Kier alpha value is -0.825. The Balaban J connectivity index is 2.56. The molecule has 0 bridgehead atoms. The van der Waals surface area contributed by atoms with Crippen molar-refractivity contribution in [2.75, 3.05) is 6.54 Å². The molecule has 1 aromatic rings. The zero-order valence-electron chi connectivity index (χ0n) is 13.0. The van der Waals surface area contributed by atoms with Crippen LogP contribution >= 0.6 is 23.2 Å². The fourth-order valence-corrected chi connectivity index (χ4v) is 2.45. The van der Waals surface area contributed by atoms with Crippen LogP contribution < -0.4 is 10.6 Å². The van der Waals surface area contributed by atoms with Crippen molar-refractivity contribution in [2.24, 2.45) is 5.92 Å². The van der Waals surface area contributed by atoms with Gasteiger partial charge in [0.15, 0.2) is 0 Å². The van der Waals surface area contributed by atoms with E-state index in [-0.39, 0.29) is 12.5 Å². The molecule has 0 aliphatic rings. The molecule has 128 valence electrons. The number of amides is 1. The predicted molar refractivity (Wildman–Crippen MR) is 91.0 cm³/mol. The smallest absolute Gasteiger partial charge is 0.426 e. The minimum atomic E-state index is -1.64. The van der Waals surface area contributed by atoms with Crippen molar-refractivity contribution in [3.63, 3.8) is 0 Å². The molecular weight excluding hydrogens is 342 g/mol. The summed E-state index contributed by atoms with van der Waals surface area (Å²) in [5, 5.41) is 34.4. The second-order valence-electron chi connectivity index (χ2n) is 5.67. The minimum absolute atomic E-state index is 0.186. The van der Waals surface area contributed by atoms with Gasteiger partial charge in [-0.2, -0.15) is 0 Å². The Morgan fingerprint density at radius 1 is 1.30 bits per heavy atom. The van der Waals surface area contributed by atoms with Gasteiger partial charge in [-0.05, 0) is 30.5 Å². The van der Waals surface area contributed by atoms with E-state index in [1.54, 1.807) is 12.1 Å². The quantitative estimate of drug-likeness (QED) is 0.352. The van der Waals surface area contributed by atoms with Crippen LogP contribution in [0.3, 0.4) is 0 Å². The molecule has 23 heavy (non-hydrogen) atoms. The predicted octanol–water partition coefficient (Wildman–Crippen LogP) is 1.12. The van der Waals surface area contributed by atoms with Crippen LogP contribution in [0.25, 0.3) is 0 Å². The highest BCUT2D eigenvalue weighted by molar-refractivity contribution is 6.43. The fraction of sp³-hybridized carbons (Fsp3) is 0.500. The van der Waals surface area contributed by atoms with Crippen LogP contribution in [0.15, 0.2) is 18.2 Å². The third-order valence-electron chi connectivity index (χ3n) is 3.14. The monoisotopic (exact) mass is 362 g/mol. The number of halogens is 2. The molecule has 0 saturated carbocycles. The Bertz CT molecular complexity index is 531. The number of carbonyl (C=O) groups is 1. The normalized spacial score (nSPS) is 13.7. The standard InChI is InChI=1S/C14H21BCl2N2O4/c1-8(2)5-12(15(22)23)19-13(20)7-18-14(21)10-6-9(16)3-4-11(10)17/h3-4,6,8,12,14,18,21-23H,5,7H2,1-2H3,(H,19,20). The topological polar surface area (TPSA) is 102 Å². The summed E-state index contributed by atoms with van der Waals surface area (Å²) in [7, 11) is -1.64. The minimum Gasteiger partial charge on any atom is -0.426 e. The van der Waals surface area contributed by atoms with Crippen molar-refractivity contribution >= 4 is 36.2 Å². The molecule has 1 rings (SSSR count). The fourth-order valence-electron chi connectivity index (χ4n) is 2.04. The number of aliphatic hydroxyl groups excluding tert-OH is 1. The summed E-state index contributed by atoms with van der Waals surface area (Å²) >= 11 is 11.8. The highest BCUT2D eigenvalue weighted by atomic mass is 35.5. The molecule has 1 amide bonds. The average Bonchev–Trinajstić information content (AvgIpc) is 2.46. The number of benzene rings is 1. The molecule has 0 aliphatic heterocycles. The number of rotatable bonds is 8. The van der Waals surface area contributed by atoms with Crippen LogP contribution in [0, 0.1) is 5.92 Å². The Morgan fingerprint density at radius 2 is 1.96 bits per heavy atom. The van der Waals surface area contributed by atoms with Gasteiger partial charge >= 0.3 is 7.12 Å². The maximum atomic E-state index is 11.9. The molecule has 5 N–H and O–H groups in total. The average molecular weight is 363 g/mol. The van der Waals surface area contributed by atoms with Gasteiger partial charge in [0.25, 0.3) is 0 Å². The summed E-state index contributed by atoms with van der Waals surface area (Å²) in [5.41, 5.74) is 0.355. The molecule has 0 fully saturated rings.